The van der Waals surface area contributed by atoms with Gasteiger partial charge in [0.15, 0.2) is 0 Å². The average molecular weight is 379 g/mol. The molecule has 138 valence electrons. The van der Waals surface area contributed by atoms with Crippen molar-refractivity contribution in [2.24, 2.45) is 4.99 Å². The standard InChI is InChI=1S/C21H21N3O2S/c1-15-8-10-17(11-9-15)14-24-12-4-3-7-19(24)23-20(25)16(2)22-21(26)18-6-5-13-27-18/h3-13,16H,14H2,1-2H3,(H,22,26). The first-order valence-corrected chi connectivity index (χ1v) is 9.55. The van der Waals surface area contributed by atoms with E-state index in [0.29, 0.717) is 16.9 Å². The van der Waals surface area contributed by atoms with E-state index in [4.69, 9.17) is 0 Å². The monoisotopic (exact) mass is 379 g/mol. The van der Waals surface area contributed by atoms with Gasteiger partial charge in [-0.2, -0.15) is 4.99 Å². The van der Waals surface area contributed by atoms with Crippen LogP contribution in [0.3, 0.4) is 0 Å². The van der Waals surface area contributed by atoms with Gasteiger partial charge in [0.05, 0.1) is 4.88 Å². The van der Waals surface area contributed by atoms with Crippen LogP contribution in [0.4, 0.5) is 0 Å². The number of benzene rings is 1. The van der Waals surface area contributed by atoms with E-state index < -0.39 is 6.04 Å². The van der Waals surface area contributed by atoms with Crippen LogP contribution in [0.5, 0.6) is 0 Å². The lowest BCUT2D eigenvalue weighted by atomic mass is 10.1. The molecule has 0 saturated carbocycles. The highest BCUT2D eigenvalue weighted by atomic mass is 32.1. The number of thiophene rings is 1. The maximum absolute atomic E-state index is 12.5. The summed E-state index contributed by atoms with van der Waals surface area (Å²) in [4.78, 5) is 29.4. The predicted octanol–water partition coefficient (Wildman–Crippen LogP) is 3.15. The van der Waals surface area contributed by atoms with Gasteiger partial charge in [-0.1, -0.05) is 42.0 Å². The first-order chi connectivity index (χ1) is 13.0. The van der Waals surface area contributed by atoms with Crippen LogP contribution in [-0.4, -0.2) is 22.4 Å². The second-order valence-electron chi connectivity index (χ2n) is 6.29. The summed E-state index contributed by atoms with van der Waals surface area (Å²) in [7, 11) is 0. The number of hydrogen-bond donors (Lipinski definition) is 1. The van der Waals surface area contributed by atoms with Gasteiger partial charge in [0, 0.05) is 12.7 Å². The van der Waals surface area contributed by atoms with Crippen LogP contribution in [0.25, 0.3) is 0 Å². The number of hydrogen-bond acceptors (Lipinski definition) is 3. The number of rotatable bonds is 5. The molecule has 3 rings (SSSR count). The van der Waals surface area contributed by atoms with Gasteiger partial charge in [0.2, 0.25) is 0 Å². The Labute approximate surface area is 162 Å². The molecule has 3 aromatic rings. The summed E-state index contributed by atoms with van der Waals surface area (Å²) in [6.07, 6.45) is 1.89. The van der Waals surface area contributed by atoms with Crippen LogP contribution in [0, 0.1) is 6.92 Å². The van der Waals surface area contributed by atoms with Crippen molar-refractivity contribution in [3.63, 3.8) is 0 Å². The highest BCUT2D eigenvalue weighted by molar-refractivity contribution is 7.12. The average Bonchev–Trinajstić information content (AvgIpc) is 3.20. The molecular weight excluding hydrogens is 358 g/mol. The predicted molar refractivity (Wildman–Crippen MR) is 107 cm³/mol. The summed E-state index contributed by atoms with van der Waals surface area (Å²) >= 11 is 1.34. The van der Waals surface area contributed by atoms with E-state index in [2.05, 4.69) is 34.6 Å². The minimum atomic E-state index is -0.701. The first-order valence-electron chi connectivity index (χ1n) is 8.67. The van der Waals surface area contributed by atoms with E-state index in [1.165, 1.54) is 16.9 Å². The second-order valence-corrected chi connectivity index (χ2v) is 7.24. The number of nitrogens with zero attached hydrogens (tertiary/aromatic N) is 2. The molecule has 0 radical (unpaired) electrons. The molecule has 1 unspecified atom stereocenters. The third-order valence-corrected chi connectivity index (χ3v) is 4.95. The number of nitrogens with one attached hydrogen (secondary N) is 1. The van der Waals surface area contributed by atoms with Gasteiger partial charge < -0.3 is 9.88 Å². The number of carbonyl (C=O) groups is 2. The maximum Gasteiger partial charge on any atom is 0.269 e. The largest absolute Gasteiger partial charge is 0.340 e. The molecular formula is C21H21N3O2S. The molecule has 5 nitrogen and oxygen atoms in total. The number of pyridine rings is 1. The summed E-state index contributed by atoms with van der Waals surface area (Å²) < 4.78 is 1.91. The smallest absolute Gasteiger partial charge is 0.269 e. The zero-order chi connectivity index (χ0) is 19.2. The molecule has 0 aliphatic carbocycles. The van der Waals surface area contributed by atoms with Gasteiger partial charge in [-0.3, -0.25) is 9.59 Å². The molecule has 2 amide bonds. The Morgan fingerprint density at radius 3 is 2.59 bits per heavy atom. The lowest BCUT2D eigenvalue weighted by molar-refractivity contribution is -0.119. The topological polar surface area (TPSA) is 63.5 Å². The van der Waals surface area contributed by atoms with Crippen molar-refractivity contribution in [1.82, 2.24) is 9.88 Å². The van der Waals surface area contributed by atoms with Gasteiger partial charge in [0.25, 0.3) is 11.8 Å². The van der Waals surface area contributed by atoms with Crippen molar-refractivity contribution in [3.05, 3.63) is 87.7 Å². The SMILES string of the molecule is Cc1ccc(Cn2ccccc2=NC(=O)C(C)NC(=O)c2cccs2)cc1. The van der Waals surface area contributed by atoms with Crippen LogP contribution in [0.1, 0.15) is 27.7 Å². The normalized spacial score (nSPS) is 12.6. The van der Waals surface area contributed by atoms with E-state index in [0.717, 1.165) is 5.56 Å². The summed E-state index contributed by atoms with van der Waals surface area (Å²) in [6.45, 7) is 4.30. The van der Waals surface area contributed by atoms with Crippen molar-refractivity contribution >= 4 is 23.2 Å². The van der Waals surface area contributed by atoms with E-state index in [1.54, 1.807) is 25.1 Å². The lowest BCUT2D eigenvalue weighted by Gasteiger charge is -2.11. The molecule has 0 aliphatic rings. The van der Waals surface area contributed by atoms with E-state index >= 15 is 0 Å². The van der Waals surface area contributed by atoms with E-state index in [-0.39, 0.29) is 11.8 Å². The van der Waals surface area contributed by atoms with Crippen molar-refractivity contribution < 1.29 is 9.59 Å². The maximum atomic E-state index is 12.5. The molecule has 0 saturated heterocycles. The molecule has 1 aromatic carbocycles. The Bertz CT molecular complexity index is 989. The van der Waals surface area contributed by atoms with E-state index in [9.17, 15) is 9.59 Å². The fourth-order valence-electron chi connectivity index (χ4n) is 2.54. The van der Waals surface area contributed by atoms with Crippen molar-refractivity contribution in [2.75, 3.05) is 0 Å². The summed E-state index contributed by atoms with van der Waals surface area (Å²) in [5.74, 6) is -0.648. The Hall–Kier alpha value is -2.99. The van der Waals surface area contributed by atoms with Gasteiger partial charge in [-0.25, -0.2) is 0 Å². The molecule has 27 heavy (non-hydrogen) atoms. The Kier molecular flexibility index (Phi) is 5.98. The van der Waals surface area contributed by atoms with Crippen molar-refractivity contribution in [1.29, 1.82) is 0 Å². The first kappa shape index (κ1) is 18.8. The molecule has 1 atom stereocenters. The van der Waals surface area contributed by atoms with Crippen molar-refractivity contribution in [2.45, 2.75) is 26.4 Å². The molecule has 0 bridgehead atoms. The highest BCUT2D eigenvalue weighted by Gasteiger charge is 2.16. The van der Waals surface area contributed by atoms with Crippen LogP contribution in [-0.2, 0) is 11.3 Å². The summed E-state index contributed by atoms with van der Waals surface area (Å²) in [5.41, 5.74) is 2.88. The molecule has 2 aromatic heterocycles. The highest BCUT2D eigenvalue weighted by Crippen LogP contribution is 2.08. The molecule has 2 heterocycles. The minimum Gasteiger partial charge on any atom is -0.340 e. The van der Waals surface area contributed by atoms with Gasteiger partial charge in [-0.05, 0) is 43.0 Å². The third-order valence-electron chi connectivity index (χ3n) is 4.08. The van der Waals surface area contributed by atoms with Gasteiger partial charge >= 0.3 is 0 Å². The lowest BCUT2D eigenvalue weighted by Crippen LogP contribution is -2.38. The fraction of sp³-hybridized carbons (Fsp3) is 0.190. The molecule has 1 N–H and O–H groups in total. The van der Waals surface area contributed by atoms with Crippen LogP contribution >= 0.6 is 11.3 Å². The Balaban J connectivity index is 1.76. The Morgan fingerprint density at radius 1 is 1.11 bits per heavy atom. The summed E-state index contributed by atoms with van der Waals surface area (Å²) in [6, 6.07) is 16.6. The zero-order valence-electron chi connectivity index (χ0n) is 15.3. The van der Waals surface area contributed by atoms with Crippen LogP contribution < -0.4 is 10.8 Å². The number of amides is 2. The third kappa shape index (κ3) is 5.01. The van der Waals surface area contributed by atoms with Crippen LogP contribution in [0.2, 0.25) is 0 Å². The fourth-order valence-corrected chi connectivity index (χ4v) is 3.17. The minimum absolute atomic E-state index is 0.262. The number of aryl methyl sites for hydroxylation is 1. The summed E-state index contributed by atoms with van der Waals surface area (Å²) in [5, 5.41) is 4.52. The second kappa shape index (κ2) is 8.60. The molecule has 6 heteroatoms. The van der Waals surface area contributed by atoms with Crippen molar-refractivity contribution in [3.8, 4) is 0 Å². The van der Waals surface area contributed by atoms with Gasteiger partial charge in [-0.15, -0.1) is 11.3 Å². The number of carbonyl (C=O) groups excluding carboxylic acids is 2. The molecule has 0 aliphatic heterocycles. The number of aromatic nitrogens is 1. The van der Waals surface area contributed by atoms with Crippen LogP contribution in [0.15, 0.2) is 71.2 Å². The molecule has 0 spiro atoms. The zero-order valence-corrected chi connectivity index (χ0v) is 16.1. The Morgan fingerprint density at radius 2 is 1.89 bits per heavy atom. The van der Waals surface area contributed by atoms with Gasteiger partial charge in [0.1, 0.15) is 11.5 Å². The quantitative estimate of drug-likeness (QED) is 0.740. The molecule has 0 fully saturated rings. The van der Waals surface area contributed by atoms with E-state index in [1.807, 2.05) is 35.2 Å².